The fraction of sp³-hybridized carbons (Fsp3) is 0.286. The molecule has 1 heterocycles. The molecule has 2 aromatic rings. The van der Waals surface area contributed by atoms with Crippen molar-refractivity contribution >= 4 is 5.97 Å². The first kappa shape index (κ1) is 12.4. The van der Waals surface area contributed by atoms with Gasteiger partial charge in [0.1, 0.15) is 0 Å². The van der Waals surface area contributed by atoms with Gasteiger partial charge >= 0.3 is 5.97 Å². The van der Waals surface area contributed by atoms with Crippen LogP contribution in [0.15, 0.2) is 42.6 Å². The van der Waals surface area contributed by atoms with Gasteiger partial charge in [0.05, 0.1) is 16.8 Å². The largest absolute Gasteiger partial charge is 0.481 e. The lowest BCUT2D eigenvalue weighted by molar-refractivity contribution is -0.146. The molecule has 2 rings (SSSR count). The molecule has 1 aromatic carbocycles. The van der Waals surface area contributed by atoms with Crippen molar-refractivity contribution in [2.45, 2.75) is 20.3 Å². The van der Waals surface area contributed by atoms with E-state index in [9.17, 15) is 4.79 Å². The average Bonchev–Trinajstić information content (AvgIpc) is 2.78. The number of rotatable bonds is 4. The minimum atomic E-state index is -0.809. The van der Waals surface area contributed by atoms with Gasteiger partial charge < -0.3 is 5.11 Å². The van der Waals surface area contributed by atoms with Crippen LogP contribution in [0.4, 0.5) is 0 Å². The van der Waals surface area contributed by atoms with Crippen LogP contribution < -0.4 is 0 Å². The van der Waals surface area contributed by atoms with Crippen molar-refractivity contribution in [3.63, 3.8) is 0 Å². The Labute approximate surface area is 106 Å². The summed E-state index contributed by atoms with van der Waals surface area (Å²) < 4.78 is 1.76. The van der Waals surface area contributed by atoms with Crippen molar-refractivity contribution in [2.24, 2.45) is 5.41 Å². The monoisotopic (exact) mass is 244 g/mol. The Morgan fingerprint density at radius 3 is 2.56 bits per heavy atom. The SMILES string of the molecule is CC(C)(Cc1ccn(-c2ccccc2)n1)C(=O)O. The highest BCUT2D eigenvalue weighted by atomic mass is 16.4. The topological polar surface area (TPSA) is 55.1 Å². The first-order chi connectivity index (χ1) is 8.49. The van der Waals surface area contributed by atoms with Gasteiger partial charge in [-0.05, 0) is 32.0 Å². The zero-order valence-electron chi connectivity index (χ0n) is 10.5. The van der Waals surface area contributed by atoms with Crippen molar-refractivity contribution < 1.29 is 9.90 Å². The number of nitrogens with zero attached hydrogens (tertiary/aromatic N) is 2. The fourth-order valence-electron chi connectivity index (χ4n) is 1.71. The molecule has 4 nitrogen and oxygen atoms in total. The molecule has 1 N–H and O–H groups in total. The third-order valence-electron chi connectivity index (χ3n) is 2.87. The van der Waals surface area contributed by atoms with Crippen molar-refractivity contribution in [3.05, 3.63) is 48.3 Å². The zero-order chi connectivity index (χ0) is 13.2. The Hall–Kier alpha value is -2.10. The summed E-state index contributed by atoms with van der Waals surface area (Å²) in [6, 6.07) is 11.6. The minimum Gasteiger partial charge on any atom is -0.481 e. The molecule has 1 aromatic heterocycles. The van der Waals surface area contributed by atoms with E-state index in [0.29, 0.717) is 6.42 Å². The van der Waals surface area contributed by atoms with E-state index in [1.807, 2.05) is 42.6 Å². The van der Waals surface area contributed by atoms with Crippen LogP contribution in [0.1, 0.15) is 19.5 Å². The Morgan fingerprint density at radius 1 is 1.28 bits per heavy atom. The number of hydrogen-bond donors (Lipinski definition) is 1. The molecule has 94 valence electrons. The third kappa shape index (κ3) is 2.59. The molecule has 4 heteroatoms. The van der Waals surface area contributed by atoms with Crippen LogP contribution in [0.25, 0.3) is 5.69 Å². The molecule has 0 saturated heterocycles. The van der Waals surface area contributed by atoms with Crippen LogP contribution in [0.2, 0.25) is 0 Å². The highest BCUT2D eigenvalue weighted by molar-refractivity contribution is 5.73. The summed E-state index contributed by atoms with van der Waals surface area (Å²) in [5, 5.41) is 13.5. The summed E-state index contributed by atoms with van der Waals surface area (Å²) in [5.74, 6) is -0.809. The molecule has 0 bridgehead atoms. The van der Waals surface area contributed by atoms with Gasteiger partial charge in [-0.1, -0.05) is 18.2 Å². The zero-order valence-corrected chi connectivity index (χ0v) is 10.5. The second-order valence-electron chi connectivity index (χ2n) is 4.95. The molecule has 0 atom stereocenters. The van der Waals surface area contributed by atoms with Crippen molar-refractivity contribution in [3.8, 4) is 5.69 Å². The number of aromatic nitrogens is 2. The second-order valence-corrected chi connectivity index (χ2v) is 4.95. The lowest BCUT2D eigenvalue weighted by Gasteiger charge is -2.16. The van der Waals surface area contributed by atoms with Gasteiger partial charge in [-0.2, -0.15) is 5.10 Å². The highest BCUT2D eigenvalue weighted by Crippen LogP contribution is 2.21. The summed E-state index contributed by atoms with van der Waals surface area (Å²) in [6.45, 7) is 3.41. The number of para-hydroxylation sites is 1. The summed E-state index contributed by atoms with van der Waals surface area (Å²) in [6.07, 6.45) is 2.27. The van der Waals surface area contributed by atoms with Crippen LogP contribution in [0.3, 0.4) is 0 Å². The Balaban J connectivity index is 2.19. The lowest BCUT2D eigenvalue weighted by atomic mass is 9.88. The van der Waals surface area contributed by atoms with E-state index in [4.69, 9.17) is 5.11 Å². The maximum absolute atomic E-state index is 11.1. The van der Waals surface area contributed by atoms with Crippen LogP contribution in [0, 0.1) is 5.41 Å². The van der Waals surface area contributed by atoms with E-state index in [1.54, 1.807) is 18.5 Å². The lowest BCUT2D eigenvalue weighted by Crippen LogP contribution is -2.26. The Kier molecular flexibility index (Phi) is 3.19. The normalized spacial score (nSPS) is 11.4. The van der Waals surface area contributed by atoms with Crippen LogP contribution in [0.5, 0.6) is 0 Å². The molecule has 0 unspecified atom stereocenters. The molecule has 0 aliphatic rings. The molecular weight excluding hydrogens is 228 g/mol. The van der Waals surface area contributed by atoms with Gasteiger partial charge in [0.25, 0.3) is 0 Å². The van der Waals surface area contributed by atoms with Gasteiger partial charge in [-0.25, -0.2) is 4.68 Å². The quantitative estimate of drug-likeness (QED) is 0.899. The maximum Gasteiger partial charge on any atom is 0.309 e. The van der Waals surface area contributed by atoms with Gasteiger partial charge in [-0.3, -0.25) is 4.79 Å². The number of benzene rings is 1. The summed E-state index contributed by atoms with van der Waals surface area (Å²) >= 11 is 0. The number of carboxylic acids is 1. The number of carbonyl (C=O) groups is 1. The van der Waals surface area contributed by atoms with Crippen LogP contribution in [-0.4, -0.2) is 20.9 Å². The van der Waals surface area contributed by atoms with E-state index in [2.05, 4.69) is 5.10 Å². The molecule has 0 radical (unpaired) electrons. The smallest absolute Gasteiger partial charge is 0.309 e. The third-order valence-corrected chi connectivity index (χ3v) is 2.87. The number of aliphatic carboxylic acids is 1. The molecule has 0 aliphatic carbocycles. The Bertz CT molecular complexity index is 544. The van der Waals surface area contributed by atoms with Gasteiger partial charge in [0.2, 0.25) is 0 Å². The van der Waals surface area contributed by atoms with Crippen LogP contribution >= 0.6 is 0 Å². The molecule has 0 fully saturated rings. The first-order valence-corrected chi connectivity index (χ1v) is 5.82. The highest BCUT2D eigenvalue weighted by Gasteiger charge is 2.28. The summed E-state index contributed by atoms with van der Waals surface area (Å²) in [7, 11) is 0. The summed E-state index contributed by atoms with van der Waals surface area (Å²) in [5.41, 5.74) is 0.957. The molecule has 0 aliphatic heterocycles. The molecule has 0 spiro atoms. The van der Waals surface area contributed by atoms with Crippen LogP contribution in [-0.2, 0) is 11.2 Å². The number of hydrogen-bond acceptors (Lipinski definition) is 2. The minimum absolute atomic E-state index is 0.419. The predicted molar refractivity (Wildman–Crippen MR) is 68.7 cm³/mol. The first-order valence-electron chi connectivity index (χ1n) is 5.82. The Morgan fingerprint density at radius 2 is 1.94 bits per heavy atom. The standard InChI is InChI=1S/C14H16N2O2/c1-14(2,13(17)18)10-11-8-9-16(15-11)12-6-4-3-5-7-12/h3-9H,10H2,1-2H3,(H,17,18). The summed E-state index contributed by atoms with van der Waals surface area (Å²) in [4.78, 5) is 11.1. The van der Waals surface area contributed by atoms with Crippen molar-refractivity contribution in [2.75, 3.05) is 0 Å². The average molecular weight is 244 g/mol. The number of carboxylic acid groups (broad SMARTS) is 1. The molecular formula is C14H16N2O2. The maximum atomic E-state index is 11.1. The molecule has 18 heavy (non-hydrogen) atoms. The van der Waals surface area contributed by atoms with E-state index in [1.165, 1.54) is 0 Å². The molecule has 0 amide bonds. The second kappa shape index (κ2) is 4.64. The van der Waals surface area contributed by atoms with E-state index in [-0.39, 0.29) is 0 Å². The van der Waals surface area contributed by atoms with Gasteiger partial charge in [0.15, 0.2) is 0 Å². The fourth-order valence-corrected chi connectivity index (χ4v) is 1.71. The van der Waals surface area contributed by atoms with E-state index in [0.717, 1.165) is 11.4 Å². The van der Waals surface area contributed by atoms with Crippen molar-refractivity contribution in [1.29, 1.82) is 0 Å². The van der Waals surface area contributed by atoms with Gasteiger partial charge in [0, 0.05) is 12.6 Å². The molecule has 0 saturated carbocycles. The van der Waals surface area contributed by atoms with E-state index < -0.39 is 11.4 Å². The van der Waals surface area contributed by atoms with E-state index >= 15 is 0 Å². The van der Waals surface area contributed by atoms with Crippen molar-refractivity contribution in [1.82, 2.24) is 9.78 Å². The van der Waals surface area contributed by atoms with Gasteiger partial charge in [-0.15, -0.1) is 0 Å². The predicted octanol–water partition coefficient (Wildman–Crippen LogP) is 2.53.